The lowest BCUT2D eigenvalue weighted by Gasteiger charge is -2.31. The van der Waals surface area contributed by atoms with E-state index < -0.39 is 15.7 Å². The van der Waals surface area contributed by atoms with E-state index >= 15 is 0 Å². The standard InChI is InChI=1S/C20H24N4O5S/c1-30(27,28)19-21-10-7-17(23-19)18(25)22-13-15-8-11-24(12-9-15)20(26)29-14-16-5-3-2-4-6-16/h2-7,10,15H,8-9,11-14H2,1H3,(H,22,25). The number of ether oxygens (including phenoxy) is 1. The van der Waals surface area contributed by atoms with Crippen LogP contribution in [0.15, 0.2) is 47.8 Å². The van der Waals surface area contributed by atoms with Crippen LogP contribution >= 0.6 is 0 Å². The fraction of sp³-hybridized carbons (Fsp3) is 0.400. The van der Waals surface area contributed by atoms with Gasteiger partial charge in [0.15, 0.2) is 0 Å². The lowest BCUT2D eigenvalue weighted by atomic mass is 9.97. The summed E-state index contributed by atoms with van der Waals surface area (Å²) in [7, 11) is -3.58. The maximum absolute atomic E-state index is 12.3. The molecule has 0 atom stereocenters. The van der Waals surface area contributed by atoms with Gasteiger partial charge in [-0.05, 0) is 30.4 Å². The smallest absolute Gasteiger partial charge is 0.410 e. The average Bonchev–Trinajstić information content (AvgIpc) is 2.76. The predicted octanol–water partition coefficient (Wildman–Crippen LogP) is 1.66. The van der Waals surface area contributed by atoms with Crippen molar-refractivity contribution in [2.45, 2.75) is 24.6 Å². The molecular weight excluding hydrogens is 408 g/mol. The van der Waals surface area contributed by atoms with Gasteiger partial charge in [-0.3, -0.25) is 4.79 Å². The number of nitrogens with zero attached hydrogens (tertiary/aromatic N) is 3. The van der Waals surface area contributed by atoms with E-state index in [0.29, 0.717) is 19.6 Å². The number of likely N-dealkylation sites (tertiary alicyclic amines) is 1. The van der Waals surface area contributed by atoms with Crippen LogP contribution in [0.3, 0.4) is 0 Å². The Morgan fingerprint density at radius 3 is 2.53 bits per heavy atom. The molecule has 1 saturated heterocycles. The van der Waals surface area contributed by atoms with Crippen molar-refractivity contribution in [1.82, 2.24) is 20.2 Å². The second-order valence-electron chi connectivity index (χ2n) is 7.18. The SMILES string of the molecule is CS(=O)(=O)c1nccc(C(=O)NCC2CCN(C(=O)OCc3ccccc3)CC2)n1. The Hall–Kier alpha value is -3.01. The summed E-state index contributed by atoms with van der Waals surface area (Å²) in [5, 5.41) is 2.40. The zero-order valence-corrected chi connectivity index (χ0v) is 17.5. The fourth-order valence-electron chi connectivity index (χ4n) is 3.10. The van der Waals surface area contributed by atoms with E-state index in [-0.39, 0.29) is 29.5 Å². The van der Waals surface area contributed by atoms with Gasteiger partial charge in [0, 0.05) is 32.1 Å². The summed E-state index contributed by atoms with van der Waals surface area (Å²) in [5.41, 5.74) is 0.944. The van der Waals surface area contributed by atoms with Crippen LogP contribution in [0.1, 0.15) is 28.9 Å². The van der Waals surface area contributed by atoms with Gasteiger partial charge in [0.2, 0.25) is 15.0 Å². The number of benzene rings is 1. The monoisotopic (exact) mass is 432 g/mol. The molecule has 1 aliphatic rings. The van der Waals surface area contributed by atoms with Crippen molar-refractivity contribution in [2.75, 3.05) is 25.9 Å². The molecule has 2 heterocycles. The van der Waals surface area contributed by atoms with Crippen molar-refractivity contribution >= 4 is 21.8 Å². The molecule has 30 heavy (non-hydrogen) atoms. The molecule has 1 aliphatic heterocycles. The molecule has 1 N–H and O–H groups in total. The number of nitrogens with one attached hydrogen (secondary N) is 1. The second kappa shape index (κ2) is 9.66. The van der Waals surface area contributed by atoms with Gasteiger partial charge in [-0.2, -0.15) is 0 Å². The molecule has 1 fully saturated rings. The molecule has 1 aromatic carbocycles. The van der Waals surface area contributed by atoms with Crippen LogP contribution in [0.25, 0.3) is 0 Å². The van der Waals surface area contributed by atoms with Gasteiger partial charge in [-0.25, -0.2) is 23.2 Å². The Morgan fingerprint density at radius 2 is 1.87 bits per heavy atom. The quantitative estimate of drug-likeness (QED) is 0.690. The highest BCUT2D eigenvalue weighted by Gasteiger charge is 2.24. The van der Waals surface area contributed by atoms with Crippen molar-refractivity contribution < 1.29 is 22.7 Å². The third-order valence-corrected chi connectivity index (χ3v) is 5.69. The topological polar surface area (TPSA) is 119 Å². The van der Waals surface area contributed by atoms with Crippen LogP contribution in [0, 0.1) is 5.92 Å². The second-order valence-corrected chi connectivity index (χ2v) is 9.09. The van der Waals surface area contributed by atoms with Crippen LogP contribution < -0.4 is 5.32 Å². The number of hydrogen-bond donors (Lipinski definition) is 1. The number of hydrogen-bond acceptors (Lipinski definition) is 7. The Bertz CT molecular complexity index is 989. The van der Waals surface area contributed by atoms with Gasteiger partial charge < -0.3 is 15.0 Å². The normalized spacial score (nSPS) is 14.9. The summed E-state index contributed by atoms with van der Waals surface area (Å²) >= 11 is 0. The lowest BCUT2D eigenvalue weighted by molar-refractivity contribution is 0.0799. The molecule has 9 nitrogen and oxygen atoms in total. The number of carbonyl (C=O) groups excluding carboxylic acids is 2. The first-order valence-electron chi connectivity index (χ1n) is 9.60. The molecule has 0 radical (unpaired) electrons. The van der Waals surface area contributed by atoms with Crippen LogP contribution in [0.5, 0.6) is 0 Å². The molecule has 2 aromatic rings. The van der Waals surface area contributed by atoms with Crippen molar-refractivity contribution in [3.8, 4) is 0 Å². The first-order valence-corrected chi connectivity index (χ1v) is 11.5. The number of sulfone groups is 1. The molecule has 0 saturated carbocycles. The highest BCUT2D eigenvalue weighted by molar-refractivity contribution is 7.90. The lowest BCUT2D eigenvalue weighted by Crippen LogP contribution is -2.41. The van der Waals surface area contributed by atoms with Crippen molar-refractivity contribution in [3.05, 3.63) is 53.9 Å². The Balaban J connectivity index is 1.42. The summed E-state index contributed by atoms with van der Waals surface area (Å²) < 4.78 is 28.4. The number of piperidine rings is 1. The Kier molecular flexibility index (Phi) is 6.99. The zero-order valence-electron chi connectivity index (χ0n) is 16.7. The highest BCUT2D eigenvalue weighted by Crippen LogP contribution is 2.18. The van der Waals surface area contributed by atoms with Gasteiger partial charge in [0.1, 0.15) is 12.3 Å². The largest absolute Gasteiger partial charge is 0.445 e. The van der Waals surface area contributed by atoms with E-state index in [1.807, 2.05) is 30.3 Å². The molecule has 3 rings (SSSR count). The number of rotatable bonds is 6. The highest BCUT2D eigenvalue weighted by atomic mass is 32.2. The predicted molar refractivity (Wildman–Crippen MR) is 108 cm³/mol. The van der Waals surface area contributed by atoms with Gasteiger partial charge in [-0.15, -0.1) is 0 Å². The Morgan fingerprint density at radius 1 is 1.17 bits per heavy atom. The minimum absolute atomic E-state index is 0.00681. The molecule has 160 valence electrons. The molecule has 10 heteroatoms. The summed E-state index contributed by atoms with van der Waals surface area (Å²) in [5.74, 6) is -0.240. The first-order chi connectivity index (χ1) is 14.3. The third-order valence-electron chi connectivity index (χ3n) is 4.83. The minimum Gasteiger partial charge on any atom is -0.445 e. The summed E-state index contributed by atoms with van der Waals surface area (Å²) in [6, 6.07) is 10.9. The molecular formula is C20H24N4O5S. The molecule has 0 spiro atoms. The van der Waals surface area contributed by atoms with Crippen molar-refractivity contribution in [2.24, 2.45) is 5.92 Å². The molecule has 2 amide bonds. The first kappa shape index (κ1) is 21.7. The Labute approximate surface area is 175 Å². The van der Waals surface area contributed by atoms with E-state index in [1.165, 1.54) is 12.3 Å². The summed E-state index contributed by atoms with van der Waals surface area (Å²) in [4.78, 5) is 33.6. The fourth-order valence-corrected chi connectivity index (χ4v) is 3.62. The van der Waals surface area contributed by atoms with E-state index in [4.69, 9.17) is 4.74 Å². The minimum atomic E-state index is -3.58. The number of amides is 2. The van der Waals surface area contributed by atoms with Crippen LogP contribution in [-0.4, -0.2) is 61.2 Å². The molecule has 0 unspecified atom stereocenters. The van der Waals surface area contributed by atoms with Crippen LogP contribution in [-0.2, 0) is 21.2 Å². The van der Waals surface area contributed by atoms with Crippen LogP contribution in [0.2, 0.25) is 0 Å². The maximum Gasteiger partial charge on any atom is 0.410 e. The molecule has 0 aliphatic carbocycles. The molecule has 0 bridgehead atoms. The zero-order chi connectivity index (χ0) is 21.6. The summed E-state index contributed by atoms with van der Waals surface area (Å²) in [6.45, 7) is 1.77. The number of carbonyl (C=O) groups is 2. The van der Waals surface area contributed by atoms with Gasteiger partial charge in [0.05, 0.1) is 0 Å². The maximum atomic E-state index is 12.3. The van der Waals surface area contributed by atoms with E-state index in [0.717, 1.165) is 24.7 Å². The van der Waals surface area contributed by atoms with Gasteiger partial charge in [-0.1, -0.05) is 30.3 Å². The van der Waals surface area contributed by atoms with Gasteiger partial charge >= 0.3 is 6.09 Å². The van der Waals surface area contributed by atoms with Crippen molar-refractivity contribution in [1.29, 1.82) is 0 Å². The van der Waals surface area contributed by atoms with Gasteiger partial charge in [0.25, 0.3) is 5.91 Å². The van der Waals surface area contributed by atoms with E-state index in [1.54, 1.807) is 4.90 Å². The summed E-state index contributed by atoms with van der Waals surface area (Å²) in [6.07, 6.45) is 3.37. The number of aromatic nitrogens is 2. The van der Waals surface area contributed by atoms with Crippen LogP contribution in [0.4, 0.5) is 4.79 Å². The van der Waals surface area contributed by atoms with E-state index in [2.05, 4.69) is 15.3 Å². The van der Waals surface area contributed by atoms with E-state index in [9.17, 15) is 18.0 Å². The third kappa shape index (κ3) is 5.99. The average molecular weight is 433 g/mol. The van der Waals surface area contributed by atoms with Crippen molar-refractivity contribution in [3.63, 3.8) is 0 Å². The molecule has 1 aromatic heterocycles.